The van der Waals surface area contributed by atoms with Crippen LogP contribution in [-0.4, -0.2) is 27.0 Å². The van der Waals surface area contributed by atoms with Gasteiger partial charge in [-0.1, -0.05) is 48.0 Å². The van der Waals surface area contributed by atoms with Gasteiger partial charge < -0.3 is 14.3 Å². The van der Waals surface area contributed by atoms with Gasteiger partial charge in [0.1, 0.15) is 5.75 Å². The van der Waals surface area contributed by atoms with Gasteiger partial charge in [0, 0.05) is 32.6 Å². The second kappa shape index (κ2) is 8.90. The molecule has 0 saturated heterocycles. The Balaban J connectivity index is 2.14. The Bertz CT molecular complexity index is 945. The van der Waals surface area contributed by atoms with Gasteiger partial charge in [-0.05, 0) is 60.3 Å². The van der Waals surface area contributed by atoms with E-state index in [0.717, 1.165) is 22.2 Å². The van der Waals surface area contributed by atoms with Gasteiger partial charge in [0.15, 0.2) is 15.1 Å². The Kier molecular flexibility index (Phi) is 6.90. The summed E-state index contributed by atoms with van der Waals surface area (Å²) < 4.78 is 13.4. The second-order valence-electron chi connectivity index (χ2n) is 8.62. The summed E-state index contributed by atoms with van der Waals surface area (Å²) in [5, 5.41) is 1.08. The minimum atomic E-state index is -2.38. The van der Waals surface area contributed by atoms with E-state index in [2.05, 4.69) is 66.2 Å². The largest absolute Gasteiger partial charge is 0.467 e. The van der Waals surface area contributed by atoms with Crippen LogP contribution in [0.3, 0.4) is 0 Å². The molecule has 3 rings (SSSR count). The van der Waals surface area contributed by atoms with Gasteiger partial charge in [-0.25, -0.2) is 0 Å². The molecule has 1 atom stereocenters. The van der Waals surface area contributed by atoms with E-state index in [4.69, 9.17) is 9.47 Å². The summed E-state index contributed by atoms with van der Waals surface area (Å²) >= 11 is 5.46. The third-order valence-electron chi connectivity index (χ3n) is 5.84. The topological polar surface area (TPSA) is 38.7 Å². The zero-order valence-electron chi connectivity index (χ0n) is 17.7. The van der Waals surface area contributed by atoms with Crippen LogP contribution in [0.4, 0.5) is 0 Å². The quantitative estimate of drug-likeness (QED) is 0.268. The fourth-order valence-corrected chi connectivity index (χ4v) is 5.61. The number of thiophene rings is 1. The van der Waals surface area contributed by atoms with E-state index < -0.39 is 8.32 Å². The average Bonchev–Trinajstić information content (AvgIpc) is 3.08. The van der Waals surface area contributed by atoms with E-state index in [1.165, 1.54) is 15.0 Å². The molecule has 29 heavy (non-hydrogen) atoms. The zero-order chi connectivity index (χ0) is 21.2. The lowest BCUT2D eigenvalue weighted by Crippen LogP contribution is -2.40. The van der Waals surface area contributed by atoms with Crippen molar-refractivity contribution in [3.8, 4) is 5.75 Å². The van der Waals surface area contributed by atoms with Crippen LogP contribution in [0.1, 0.15) is 36.6 Å². The minimum Gasteiger partial charge on any atom is -0.467 e. The highest BCUT2D eigenvalue weighted by Gasteiger charge is 2.41. The first kappa shape index (κ1) is 22.5. The summed E-state index contributed by atoms with van der Waals surface area (Å²) in [6.07, 6.45) is 0.843. The van der Waals surface area contributed by atoms with Gasteiger partial charge in [0.25, 0.3) is 0 Å². The van der Waals surface area contributed by atoms with Crippen molar-refractivity contribution in [1.82, 2.24) is 0 Å². The van der Waals surface area contributed by atoms with Gasteiger partial charge >= 0.3 is 0 Å². The predicted molar refractivity (Wildman–Crippen MR) is 129 cm³/mol. The predicted octanol–water partition coefficient (Wildman–Crippen LogP) is 7.15. The molecule has 2 aromatic carbocycles. The Hall–Kier alpha value is -1.18. The van der Waals surface area contributed by atoms with Crippen LogP contribution < -0.4 is 4.74 Å². The van der Waals surface area contributed by atoms with Crippen LogP contribution in [0.25, 0.3) is 10.1 Å². The number of halogens is 1. The lowest BCUT2D eigenvalue weighted by atomic mass is 9.87. The molecule has 0 spiro atoms. The van der Waals surface area contributed by atoms with Gasteiger partial charge in [-0.15, -0.1) is 11.3 Å². The van der Waals surface area contributed by atoms with Crippen molar-refractivity contribution >= 4 is 45.7 Å². The van der Waals surface area contributed by atoms with Crippen LogP contribution >= 0.6 is 27.3 Å². The zero-order valence-corrected chi connectivity index (χ0v) is 21.1. The molecule has 6 heteroatoms. The first-order valence-corrected chi connectivity index (χ1v) is 14.3. The molecule has 0 fully saturated rings. The van der Waals surface area contributed by atoms with E-state index in [1.54, 1.807) is 7.11 Å². The first-order valence-electron chi connectivity index (χ1n) is 9.74. The maximum Gasteiger partial charge on any atom is 0.188 e. The summed E-state index contributed by atoms with van der Waals surface area (Å²) in [6.45, 7) is 8.63. The normalized spacial score (nSPS) is 13.6. The molecule has 0 amide bonds. The highest BCUT2D eigenvalue weighted by atomic mass is 79.9. The monoisotopic (exact) mass is 492 g/mol. The SMILES string of the molecule is COCOc1ccc(Br)cc1C(CC(C)(C)[Si](C)(C)O)c1cc2ccccc2s1. The molecule has 0 bridgehead atoms. The van der Waals surface area contributed by atoms with Crippen LogP contribution in [0.15, 0.2) is 53.0 Å². The molecular formula is C23H29BrO3SSi. The fourth-order valence-electron chi connectivity index (χ4n) is 3.34. The lowest BCUT2D eigenvalue weighted by molar-refractivity contribution is 0.0502. The summed E-state index contributed by atoms with van der Waals surface area (Å²) in [4.78, 5) is 12.3. The van der Waals surface area contributed by atoms with E-state index in [1.807, 2.05) is 36.6 Å². The van der Waals surface area contributed by atoms with Crippen molar-refractivity contribution in [1.29, 1.82) is 0 Å². The summed E-state index contributed by atoms with van der Waals surface area (Å²) in [7, 11) is -0.751. The minimum absolute atomic E-state index is 0.116. The third-order valence-corrected chi connectivity index (χ3v) is 11.1. The van der Waals surface area contributed by atoms with Crippen molar-refractivity contribution in [2.75, 3.05) is 13.9 Å². The Labute approximate surface area is 186 Å². The second-order valence-corrected chi connectivity index (χ2v) is 15.1. The molecule has 1 heterocycles. The highest BCUT2D eigenvalue weighted by molar-refractivity contribution is 9.10. The number of benzene rings is 2. The van der Waals surface area contributed by atoms with E-state index in [0.29, 0.717) is 0 Å². The number of fused-ring (bicyclic) bond motifs is 1. The Morgan fingerprint density at radius 1 is 1.14 bits per heavy atom. The molecule has 3 nitrogen and oxygen atoms in total. The van der Waals surface area contributed by atoms with Crippen molar-refractivity contribution in [3.63, 3.8) is 0 Å². The Morgan fingerprint density at radius 3 is 2.52 bits per heavy atom. The van der Waals surface area contributed by atoms with E-state index in [9.17, 15) is 4.80 Å². The maximum atomic E-state index is 11.0. The Morgan fingerprint density at radius 2 is 1.86 bits per heavy atom. The van der Waals surface area contributed by atoms with Crippen molar-refractivity contribution in [3.05, 3.63) is 63.4 Å². The molecule has 0 saturated carbocycles. The molecular weight excluding hydrogens is 464 g/mol. The molecule has 156 valence electrons. The van der Waals surface area contributed by atoms with Crippen molar-refractivity contribution in [2.24, 2.45) is 0 Å². The van der Waals surface area contributed by atoms with E-state index >= 15 is 0 Å². The number of rotatable bonds is 8. The number of ether oxygens (including phenoxy) is 2. The summed E-state index contributed by atoms with van der Waals surface area (Å²) in [6, 6.07) is 16.9. The highest BCUT2D eigenvalue weighted by Crippen LogP contribution is 2.50. The van der Waals surface area contributed by atoms with Crippen LogP contribution in [-0.2, 0) is 4.74 Å². The van der Waals surface area contributed by atoms with E-state index in [-0.39, 0.29) is 17.7 Å². The number of hydrogen-bond acceptors (Lipinski definition) is 4. The first-order chi connectivity index (χ1) is 13.6. The van der Waals surface area contributed by atoms with Gasteiger partial charge in [-0.3, -0.25) is 0 Å². The number of hydrogen-bond donors (Lipinski definition) is 1. The molecule has 1 unspecified atom stereocenters. The molecule has 0 aliphatic rings. The van der Waals surface area contributed by atoms with Crippen LogP contribution in [0.5, 0.6) is 5.75 Å². The van der Waals surface area contributed by atoms with Crippen LogP contribution in [0.2, 0.25) is 18.1 Å². The van der Waals surface area contributed by atoms with Crippen molar-refractivity contribution in [2.45, 2.75) is 44.3 Å². The average molecular weight is 494 g/mol. The van der Waals surface area contributed by atoms with Crippen molar-refractivity contribution < 1.29 is 14.3 Å². The molecule has 3 aromatic rings. The molecule has 1 aromatic heterocycles. The standard InChI is InChI=1S/C23H29BrO3SSi/c1-23(2,29(4,5)25)14-19(22-12-16-8-6-7-9-21(16)28-22)18-13-17(24)10-11-20(18)27-15-26-3/h6-13,19,25H,14-15H2,1-5H3. The lowest BCUT2D eigenvalue weighted by Gasteiger charge is -2.38. The van der Waals surface area contributed by atoms with Gasteiger partial charge in [-0.2, -0.15) is 0 Å². The van der Waals surface area contributed by atoms with Gasteiger partial charge in [0.2, 0.25) is 0 Å². The van der Waals surface area contributed by atoms with Gasteiger partial charge in [0.05, 0.1) is 0 Å². The maximum absolute atomic E-state index is 11.0. The molecule has 0 aliphatic heterocycles. The van der Waals surface area contributed by atoms with Crippen LogP contribution in [0, 0.1) is 0 Å². The molecule has 0 radical (unpaired) electrons. The molecule has 0 aliphatic carbocycles. The third kappa shape index (κ3) is 5.12. The molecule has 1 N–H and O–H groups in total. The fraction of sp³-hybridized carbons (Fsp3) is 0.391. The smallest absolute Gasteiger partial charge is 0.188 e. The summed E-state index contributed by atoms with van der Waals surface area (Å²) in [5.41, 5.74) is 1.12. The summed E-state index contributed by atoms with van der Waals surface area (Å²) in [5.74, 6) is 0.941. The number of methoxy groups -OCH3 is 1.